The average molecular weight is 252 g/mol. The van der Waals surface area contributed by atoms with Crippen molar-refractivity contribution in [3.8, 4) is 0 Å². The van der Waals surface area contributed by atoms with Crippen molar-refractivity contribution < 1.29 is 9.59 Å². The van der Waals surface area contributed by atoms with Crippen molar-refractivity contribution in [3.63, 3.8) is 0 Å². The molecule has 18 heavy (non-hydrogen) atoms. The predicted octanol–water partition coefficient (Wildman–Crippen LogP) is 1.44. The van der Waals surface area contributed by atoms with Crippen LogP contribution in [-0.2, 0) is 9.59 Å². The molecule has 3 atom stereocenters. The molecule has 0 heterocycles. The van der Waals surface area contributed by atoms with Gasteiger partial charge < -0.3 is 11.1 Å². The second kappa shape index (κ2) is 4.90. The maximum atomic E-state index is 11.6. The number of amides is 2. The Labute approximate surface area is 109 Å². The lowest BCUT2D eigenvalue weighted by Crippen LogP contribution is -2.35. The van der Waals surface area contributed by atoms with Gasteiger partial charge in [0.2, 0.25) is 11.8 Å². The summed E-state index contributed by atoms with van der Waals surface area (Å²) in [4.78, 5) is 22.2. The molecule has 2 aliphatic rings. The third-order valence-electron chi connectivity index (χ3n) is 5.19. The summed E-state index contributed by atoms with van der Waals surface area (Å²) >= 11 is 0. The first-order valence-corrected chi connectivity index (χ1v) is 6.96. The van der Waals surface area contributed by atoms with Gasteiger partial charge in [-0.3, -0.25) is 9.59 Å². The number of carbonyl (C=O) groups excluding carboxylic acids is 2. The van der Waals surface area contributed by atoms with Gasteiger partial charge in [0.05, 0.1) is 6.54 Å². The van der Waals surface area contributed by atoms with E-state index < -0.39 is 5.91 Å². The lowest BCUT2D eigenvalue weighted by Gasteiger charge is -2.38. The number of nitrogens with one attached hydrogen (secondary N) is 1. The van der Waals surface area contributed by atoms with Gasteiger partial charge >= 0.3 is 0 Å². The van der Waals surface area contributed by atoms with Crippen LogP contribution in [0.2, 0.25) is 0 Å². The highest BCUT2D eigenvalue weighted by atomic mass is 16.2. The summed E-state index contributed by atoms with van der Waals surface area (Å²) in [7, 11) is 0. The monoisotopic (exact) mass is 252 g/mol. The number of fused-ring (bicyclic) bond motifs is 2. The van der Waals surface area contributed by atoms with Gasteiger partial charge in [0.1, 0.15) is 0 Å². The molecule has 4 heteroatoms. The lowest BCUT2D eigenvalue weighted by molar-refractivity contribution is -0.125. The van der Waals surface area contributed by atoms with Gasteiger partial charge in [-0.2, -0.15) is 0 Å². The minimum atomic E-state index is -0.483. The fraction of sp³-hybridized carbons (Fsp3) is 0.857. The molecule has 3 N–H and O–H groups in total. The highest BCUT2D eigenvalue weighted by Gasteiger charge is 2.51. The predicted molar refractivity (Wildman–Crippen MR) is 69.5 cm³/mol. The molecular formula is C14H24N2O2. The Bertz CT molecular complexity index is 352. The standard InChI is InChI=1S/C14H24N2O2/c1-14(2)10-4-3-9(7-10)11(14)5-6-13(18)16-8-12(15)17/h9-11H,3-8H2,1-2H3,(H2,15,17)(H,16,18). The highest BCUT2D eigenvalue weighted by molar-refractivity contribution is 5.83. The first-order valence-electron chi connectivity index (χ1n) is 6.96. The van der Waals surface area contributed by atoms with Gasteiger partial charge in [-0.25, -0.2) is 0 Å². The van der Waals surface area contributed by atoms with Gasteiger partial charge in [-0.15, -0.1) is 0 Å². The molecule has 0 aliphatic heterocycles. The van der Waals surface area contributed by atoms with Gasteiger partial charge in [0, 0.05) is 6.42 Å². The number of hydrogen-bond donors (Lipinski definition) is 2. The minimum Gasteiger partial charge on any atom is -0.368 e. The Hall–Kier alpha value is -1.06. The number of carbonyl (C=O) groups is 2. The Morgan fingerprint density at radius 2 is 2.06 bits per heavy atom. The van der Waals surface area contributed by atoms with Gasteiger partial charge in [0.15, 0.2) is 0 Å². The molecule has 0 saturated heterocycles. The molecule has 2 bridgehead atoms. The number of nitrogens with two attached hydrogens (primary N) is 1. The van der Waals surface area contributed by atoms with Crippen molar-refractivity contribution in [1.29, 1.82) is 0 Å². The number of hydrogen-bond acceptors (Lipinski definition) is 2. The average Bonchev–Trinajstić information content (AvgIpc) is 2.83. The Balaban J connectivity index is 1.80. The van der Waals surface area contributed by atoms with E-state index in [-0.39, 0.29) is 12.5 Å². The van der Waals surface area contributed by atoms with Crippen LogP contribution < -0.4 is 11.1 Å². The van der Waals surface area contributed by atoms with Crippen molar-refractivity contribution in [2.45, 2.75) is 46.0 Å². The van der Waals surface area contributed by atoms with E-state index in [2.05, 4.69) is 19.2 Å². The van der Waals surface area contributed by atoms with Gasteiger partial charge in [-0.05, 0) is 48.9 Å². The summed E-state index contributed by atoms with van der Waals surface area (Å²) in [5.41, 5.74) is 5.38. The quantitative estimate of drug-likeness (QED) is 0.777. The fourth-order valence-electron chi connectivity index (χ4n) is 4.14. The van der Waals surface area contributed by atoms with Gasteiger partial charge in [-0.1, -0.05) is 13.8 Å². The second-order valence-electron chi connectivity index (χ2n) is 6.48. The van der Waals surface area contributed by atoms with Crippen molar-refractivity contribution in [2.75, 3.05) is 6.54 Å². The van der Waals surface area contributed by atoms with E-state index in [1.807, 2.05) is 0 Å². The van der Waals surface area contributed by atoms with Gasteiger partial charge in [0.25, 0.3) is 0 Å². The molecule has 2 amide bonds. The van der Waals surface area contributed by atoms with Crippen LogP contribution in [0.5, 0.6) is 0 Å². The lowest BCUT2D eigenvalue weighted by atomic mass is 9.67. The zero-order chi connectivity index (χ0) is 13.3. The summed E-state index contributed by atoms with van der Waals surface area (Å²) in [5.74, 6) is 1.79. The molecule has 0 aromatic rings. The summed E-state index contributed by atoms with van der Waals surface area (Å²) in [6.07, 6.45) is 5.51. The fourth-order valence-corrected chi connectivity index (χ4v) is 4.14. The van der Waals surface area contributed by atoms with E-state index in [4.69, 9.17) is 5.73 Å². The van der Waals surface area contributed by atoms with Crippen molar-refractivity contribution in [1.82, 2.24) is 5.32 Å². The SMILES string of the molecule is CC1(C)C2CCC(C2)C1CCC(=O)NCC(N)=O. The normalized spacial score (nSPS) is 32.4. The molecular weight excluding hydrogens is 228 g/mol. The van der Waals surface area contributed by atoms with Crippen molar-refractivity contribution in [3.05, 3.63) is 0 Å². The summed E-state index contributed by atoms with van der Waals surface area (Å²) in [6, 6.07) is 0. The Morgan fingerprint density at radius 1 is 1.33 bits per heavy atom. The van der Waals surface area contributed by atoms with E-state index in [1.165, 1.54) is 19.3 Å². The van der Waals surface area contributed by atoms with Crippen LogP contribution in [0.25, 0.3) is 0 Å². The Kier molecular flexibility index (Phi) is 3.64. The summed E-state index contributed by atoms with van der Waals surface area (Å²) in [6.45, 7) is 4.66. The zero-order valence-corrected chi connectivity index (χ0v) is 11.4. The van der Waals surface area contributed by atoms with E-state index in [0.717, 1.165) is 18.3 Å². The second-order valence-corrected chi connectivity index (χ2v) is 6.48. The van der Waals surface area contributed by atoms with E-state index in [0.29, 0.717) is 17.8 Å². The number of primary amides is 1. The molecule has 2 saturated carbocycles. The highest BCUT2D eigenvalue weighted by Crippen LogP contribution is 2.60. The molecule has 3 unspecified atom stereocenters. The van der Waals surface area contributed by atoms with E-state index >= 15 is 0 Å². The van der Waals surface area contributed by atoms with Crippen LogP contribution in [0.15, 0.2) is 0 Å². The smallest absolute Gasteiger partial charge is 0.236 e. The van der Waals surface area contributed by atoms with E-state index in [9.17, 15) is 9.59 Å². The first-order chi connectivity index (χ1) is 8.41. The zero-order valence-electron chi connectivity index (χ0n) is 11.4. The van der Waals surface area contributed by atoms with Crippen LogP contribution in [0.4, 0.5) is 0 Å². The van der Waals surface area contributed by atoms with Crippen LogP contribution in [0.1, 0.15) is 46.0 Å². The molecule has 2 rings (SSSR count). The molecule has 4 nitrogen and oxygen atoms in total. The first kappa shape index (κ1) is 13.4. The largest absolute Gasteiger partial charge is 0.368 e. The third-order valence-corrected chi connectivity index (χ3v) is 5.19. The molecule has 2 fully saturated rings. The van der Waals surface area contributed by atoms with Crippen LogP contribution >= 0.6 is 0 Å². The molecule has 0 aromatic heterocycles. The van der Waals surface area contributed by atoms with Crippen molar-refractivity contribution in [2.24, 2.45) is 28.9 Å². The molecule has 2 aliphatic carbocycles. The maximum Gasteiger partial charge on any atom is 0.236 e. The summed E-state index contributed by atoms with van der Waals surface area (Å²) < 4.78 is 0. The molecule has 0 aromatic carbocycles. The Morgan fingerprint density at radius 3 is 2.61 bits per heavy atom. The maximum absolute atomic E-state index is 11.6. The third kappa shape index (κ3) is 2.52. The summed E-state index contributed by atoms with van der Waals surface area (Å²) in [5, 5.41) is 2.56. The topological polar surface area (TPSA) is 72.2 Å². The van der Waals surface area contributed by atoms with Crippen LogP contribution in [0.3, 0.4) is 0 Å². The molecule has 0 spiro atoms. The van der Waals surface area contributed by atoms with E-state index in [1.54, 1.807) is 0 Å². The molecule has 102 valence electrons. The number of rotatable bonds is 5. The molecule has 0 radical (unpaired) electrons. The minimum absolute atomic E-state index is 0.0427. The van der Waals surface area contributed by atoms with Crippen LogP contribution in [0, 0.1) is 23.2 Å². The van der Waals surface area contributed by atoms with Crippen LogP contribution in [-0.4, -0.2) is 18.4 Å². The van der Waals surface area contributed by atoms with Crippen molar-refractivity contribution >= 4 is 11.8 Å².